The first kappa shape index (κ1) is 16.8. The van der Waals surface area contributed by atoms with Gasteiger partial charge in [0.1, 0.15) is 5.75 Å². The van der Waals surface area contributed by atoms with Crippen molar-refractivity contribution < 1.29 is 4.74 Å². The number of benzene rings is 2. The lowest BCUT2D eigenvalue weighted by Gasteiger charge is -2.11. The largest absolute Gasteiger partial charge is 0.493 e. The zero-order chi connectivity index (χ0) is 17.9. The van der Waals surface area contributed by atoms with E-state index >= 15 is 0 Å². The number of ether oxygens (including phenoxy) is 1. The Morgan fingerprint density at radius 2 is 1.85 bits per heavy atom. The molecule has 0 radical (unpaired) electrons. The quantitative estimate of drug-likeness (QED) is 0.543. The highest BCUT2D eigenvalue weighted by Crippen LogP contribution is 2.36. The molecule has 0 aliphatic rings. The minimum atomic E-state index is 0.571. The van der Waals surface area contributed by atoms with Gasteiger partial charge in [0.15, 0.2) is 4.96 Å². The van der Waals surface area contributed by atoms with Crippen molar-refractivity contribution in [2.45, 2.75) is 13.3 Å². The van der Waals surface area contributed by atoms with E-state index in [-0.39, 0.29) is 0 Å². The third-order valence-electron chi connectivity index (χ3n) is 4.35. The van der Waals surface area contributed by atoms with E-state index in [4.69, 9.17) is 15.5 Å². The van der Waals surface area contributed by atoms with E-state index in [1.807, 2.05) is 31.2 Å². The van der Waals surface area contributed by atoms with Crippen LogP contribution in [0.4, 0.5) is 0 Å². The second kappa shape index (κ2) is 7.32. The van der Waals surface area contributed by atoms with Gasteiger partial charge in [0, 0.05) is 17.4 Å². The highest BCUT2D eigenvalue weighted by atomic mass is 32.1. The summed E-state index contributed by atoms with van der Waals surface area (Å²) >= 11 is 1.65. The number of aromatic nitrogens is 2. The van der Waals surface area contributed by atoms with Gasteiger partial charge in [-0.05, 0) is 31.2 Å². The van der Waals surface area contributed by atoms with E-state index in [9.17, 15) is 0 Å². The summed E-state index contributed by atoms with van der Waals surface area (Å²) in [7, 11) is 0. The minimum Gasteiger partial charge on any atom is -0.493 e. The van der Waals surface area contributed by atoms with Crippen LogP contribution in [-0.4, -0.2) is 22.5 Å². The topological polar surface area (TPSA) is 52.5 Å². The molecule has 0 atom stereocenters. The normalized spacial score (nSPS) is 11.2. The molecule has 26 heavy (non-hydrogen) atoms. The maximum atomic E-state index is 5.94. The predicted molar refractivity (Wildman–Crippen MR) is 108 cm³/mol. The number of para-hydroxylation sites is 1. The van der Waals surface area contributed by atoms with Crippen LogP contribution in [0.3, 0.4) is 0 Å². The maximum absolute atomic E-state index is 5.94. The summed E-state index contributed by atoms with van der Waals surface area (Å²) in [5, 5.41) is 2.16. The molecule has 2 N–H and O–H groups in total. The van der Waals surface area contributed by atoms with Crippen LogP contribution in [0.15, 0.2) is 60.0 Å². The minimum absolute atomic E-state index is 0.571. The Kier molecular flexibility index (Phi) is 4.73. The molecule has 4 aromatic rings. The monoisotopic (exact) mass is 363 g/mol. The summed E-state index contributed by atoms with van der Waals surface area (Å²) in [5.74, 6) is 0.861. The van der Waals surface area contributed by atoms with Crippen LogP contribution >= 0.6 is 11.3 Å². The summed E-state index contributed by atoms with van der Waals surface area (Å²) in [6, 6.07) is 18.5. The molecule has 2 aromatic heterocycles. The van der Waals surface area contributed by atoms with E-state index in [0.29, 0.717) is 13.2 Å². The first-order valence-corrected chi connectivity index (χ1v) is 9.68. The molecule has 0 amide bonds. The van der Waals surface area contributed by atoms with E-state index < -0.39 is 0 Å². The van der Waals surface area contributed by atoms with Gasteiger partial charge in [0.2, 0.25) is 0 Å². The van der Waals surface area contributed by atoms with Gasteiger partial charge >= 0.3 is 0 Å². The first-order valence-electron chi connectivity index (χ1n) is 8.80. The van der Waals surface area contributed by atoms with Gasteiger partial charge in [0.25, 0.3) is 0 Å². The number of fused-ring (bicyclic) bond motifs is 1. The van der Waals surface area contributed by atoms with E-state index in [2.05, 4.69) is 40.1 Å². The highest BCUT2D eigenvalue weighted by Gasteiger charge is 2.20. The molecular weight excluding hydrogens is 342 g/mol. The fraction of sp³-hybridized carbons (Fsp3) is 0.190. The lowest BCUT2D eigenvalue weighted by Crippen LogP contribution is -2.07. The molecule has 5 heteroatoms. The smallest absolute Gasteiger partial charge is 0.194 e. The Labute approximate surface area is 156 Å². The number of imidazole rings is 1. The summed E-state index contributed by atoms with van der Waals surface area (Å²) < 4.78 is 8.08. The Morgan fingerprint density at radius 1 is 1.08 bits per heavy atom. The molecule has 0 saturated carbocycles. The van der Waals surface area contributed by atoms with E-state index in [0.717, 1.165) is 39.8 Å². The zero-order valence-electron chi connectivity index (χ0n) is 14.7. The fourth-order valence-electron chi connectivity index (χ4n) is 3.25. The Balaban J connectivity index is 1.95. The molecule has 0 unspecified atom stereocenters. The van der Waals surface area contributed by atoms with Gasteiger partial charge in [-0.2, -0.15) is 0 Å². The van der Waals surface area contributed by atoms with E-state index in [1.165, 1.54) is 5.56 Å². The molecular formula is C21H21N3OS. The summed E-state index contributed by atoms with van der Waals surface area (Å²) in [6.07, 6.45) is 0.757. The molecule has 132 valence electrons. The molecule has 0 fully saturated rings. The molecule has 4 rings (SSSR count). The highest BCUT2D eigenvalue weighted by molar-refractivity contribution is 7.15. The van der Waals surface area contributed by atoms with Crippen LogP contribution in [0, 0.1) is 0 Å². The molecule has 2 aromatic carbocycles. The SMILES string of the molecule is CCOc1ccccc1-c1nc2scc(-c3ccccc3)n2c1CCN. The second-order valence-electron chi connectivity index (χ2n) is 5.98. The van der Waals surface area contributed by atoms with Crippen molar-refractivity contribution >= 4 is 16.3 Å². The number of hydrogen-bond donors (Lipinski definition) is 1. The molecule has 4 nitrogen and oxygen atoms in total. The van der Waals surface area contributed by atoms with E-state index in [1.54, 1.807) is 11.3 Å². The average Bonchev–Trinajstić information content (AvgIpc) is 3.24. The molecule has 0 aliphatic heterocycles. The third kappa shape index (κ3) is 2.89. The van der Waals surface area contributed by atoms with Crippen LogP contribution in [0.5, 0.6) is 5.75 Å². The molecule has 0 bridgehead atoms. The molecule has 0 saturated heterocycles. The average molecular weight is 363 g/mol. The van der Waals surface area contributed by atoms with Crippen molar-refractivity contribution in [2.75, 3.05) is 13.2 Å². The van der Waals surface area contributed by atoms with Gasteiger partial charge in [-0.25, -0.2) is 4.98 Å². The summed E-state index contributed by atoms with van der Waals surface area (Å²) in [5.41, 5.74) is 11.4. The zero-order valence-corrected chi connectivity index (χ0v) is 15.5. The Bertz CT molecular complexity index is 1020. The van der Waals surface area contributed by atoms with Gasteiger partial charge in [-0.3, -0.25) is 4.40 Å². The third-order valence-corrected chi connectivity index (χ3v) is 5.18. The van der Waals surface area contributed by atoms with Crippen molar-refractivity contribution in [3.8, 4) is 28.3 Å². The van der Waals surface area contributed by atoms with Gasteiger partial charge < -0.3 is 10.5 Å². The Morgan fingerprint density at radius 3 is 2.62 bits per heavy atom. The fourth-order valence-corrected chi connectivity index (χ4v) is 4.17. The molecule has 0 aliphatic carbocycles. The van der Waals surface area contributed by atoms with Crippen molar-refractivity contribution in [2.24, 2.45) is 5.73 Å². The number of hydrogen-bond acceptors (Lipinski definition) is 4. The lowest BCUT2D eigenvalue weighted by atomic mass is 10.1. The van der Waals surface area contributed by atoms with Crippen molar-refractivity contribution in [1.82, 2.24) is 9.38 Å². The number of rotatable bonds is 6. The Hall–Kier alpha value is -2.63. The lowest BCUT2D eigenvalue weighted by molar-refractivity contribution is 0.341. The van der Waals surface area contributed by atoms with Crippen molar-refractivity contribution in [1.29, 1.82) is 0 Å². The van der Waals surface area contributed by atoms with Crippen molar-refractivity contribution in [3.05, 3.63) is 65.7 Å². The van der Waals surface area contributed by atoms with Crippen LogP contribution in [0.25, 0.3) is 27.5 Å². The number of nitrogens with zero attached hydrogens (tertiary/aromatic N) is 2. The second-order valence-corrected chi connectivity index (χ2v) is 6.82. The first-order chi connectivity index (χ1) is 12.8. The van der Waals surface area contributed by atoms with Gasteiger partial charge in [-0.1, -0.05) is 42.5 Å². The van der Waals surface area contributed by atoms with Gasteiger partial charge in [-0.15, -0.1) is 11.3 Å². The summed E-state index contributed by atoms with van der Waals surface area (Å²) in [6.45, 7) is 3.19. The summed E-state index contributed by atoms with van der Waals surface area (Å²) in [4.78, 5) is 5.92. The number of thiazole rings is 1. The van der Waals surface area contributed by atoms with Crippen LogP contribution in [0.2, 0.25) is 0 Å². The van der Waals surface area contributed by atoms with Crippen LogP contribution < -0.4 is 10.5 Å². The molecule has 2 heterocycles. The van der Waals surface area contributed by atoms with Crippen LogP contribution in [-0.2, 0) is 6.42 Å². The maximum Gasteiger partial charge on any atom is 0.194 e. The molecule has 0 spiro atoms. The van der Waals surface area contributed by atoms with Crippen molar-refractivity contribution in [3.63, 3.8) is 0 Å². The van der Waals surface area contributed by atoms with Gasteiger partial charge in [0.05, 0.1) is 23.7 Å². The predicted octanol–water partition coefficient (Wildman–Crippen LogP) is 4.63. The number of nitrogens with two attached hydrogens (primary N) is 1. The van der Waals surface area contributed by atoms with Crippen LogP contribution in [0.1, 0.15) is 12.6 Å². The standard InChI is InChI=1S/C21H21N3OS/c1-2-25-19-11-7-6-10-16(19)20-17(12-13-22)24-18(14-26-21(24)23-20)15-8-4-3-5-9-15/h3-11,14H,2,12-13,22H2,1H3.